The molecule has 0 N–H and O–H groups in total. The molecule has 70 heavy (non-hydrogen) atoms. The Labute approximate surface area is 402 Å². The third-order valence-electron chi connectivity index (χ3n) is 13.7. The molecule has 0 spiro atoms. The number of alkyl halides is 6. The van der Waals surface area contributed by atoms with E-state index < -0.39 is 49.1 Å². The highest BCUT2D eigenvalue weighted by Crippen LogP contribution is 2.62. The second-order valence-corrected chi connectivity index (χ2v) is 17.6. The molecule has 10 rings (SSSR count). The van der Waals surface area contributed by atoms with Gasteiger partial charge in [0.05, 0.1) is 21.3 Å². The summed E-state index contributed by atoms with van der Waals surface area (Å²) in [4.78, 5) is 2.14. The van der Waals surface area contributed by atoms with Gasteiger partial charge >= 0.3 is 12.4 Å². The molecule has 0 unspecified atom stereocenters. The molecule has 0 amide bonds. The number of nitrogens with zero attached hydrogens (tertiary/aromatic N) is 1. The summed E-state index contributed by atoms with van der Waals surface area (Å²) in [6.45, 7) is 0. The van der Waals surface area contributed by atoms with Crippen molar-refractivity contribution < 1.29 is 45.3 Å². The Morgan fingerprint density at radius 3 is 1.56 bits per heavy atom. The van der Waals surface area contributed by atoms with E-state index in [0.29, 0.717) is 78.3 Å². The van der Waals surface area contributed by atoms with E-state index in [1.165, 1.54) is 0 Å². The third kappa shape index (κ3) is 8.26. The summed E-state index contributed by atoms with van der Waals surface area (Å²) >= 11 is 0. The summed E-state index contributed by atoms with van der Waals surface area (Å²) < 4.78 is 112. The van der Waals surface area contributed by atoms with Crippen molar-refractivity contribution in [3.63, 3.8) is 0 Å². The summed E-state index contributed by atoms with van der Waals surface area (Å²) in [5.74, 6) is 1.98. The first-order valence-corrected chi connectivity index (χ1v) is 22.9. The maximum Gasteiger partial charge on any atom is 0.389 e. The molecule has 0 aromatic heterocycles. The maximum atomic E-state index is 14.6. The van der Waals surface area contributed by atoms with Crippen LogP contribution in [0.25, 0.3) is 39.1 Å². The van der Waals surface area contributed by atoms with Gasteiger partial charge in [-0.25, -0.2) is 0 Å². The van der Waals surface area contributed by atoms with Crippen LogP contribution in [0.3, 0.4) is 0 Å². The van der Waals surface area contributed by atoms with Gasteiger partial charge in [-0.3, -0.25) is 0 Å². The van der Waals surface area contributed by atoms with Gasteiger partial charge in [0.25, 0.3) is 0 Å². The van der Waals surface area contributed by atoms with Gasteiger partial charge in [-0.1, -0.05) is 103 Å². The van der Waals surface area contributed by atoms with Gasteiger partial charge in [-0.05, 0) is 125 Å². The zero-order chi connectivity index (χ0) is 48.8. The van der Waals surface area contributed by atoms with Crippen molar-refractivity contribution >= 4 is 33.9 Å². The summed E-state index contributed by atoms with van der Waals surface area (Å²) in [6.07, 6.45) is -9.50. The van der Waals surface area contributed by atoms with Crippen molar-refractivity contribution in [1.82, 2.24) is 0 Å². The van der Waals surface area contributed by atoms with Gasteiger partial charge in [0, 0.05) is 63.0 Å². The van der Waals surface area contributed by atoms with Gasteiger partial charge in [-0.2, -0.15) is 26.3 Å². The average Bonchev–Trinajstić information content (AvgIpc) is 3.68. The van der Waals surface area contributed by atoms with Crippen LogP contribution in [0.5, 0.6) is 23.0 Å². The van der Waals surface area contributed by atoms with Crippen LogP contribution in [0.1, 0.15) is 53.5 Å². The van der Waals surface area contributed by atoms with E-state index in [-0.39, 0.29) is 0 Å². The fourth-order valence-corrected chi connectivity index (χ4v) is 10.5. The van der Waals surface area contributed by atoms with Gasteiger partial charge in [0.1, 0.15) is 23.0 Å². The molecule has 0 atom stereocenters. The maximum absolute atomic E-state index is 14.6. The normalized spacial score (nSPS) is 14.3. The van der Waals surface area contributed by atoms with Crippen LogP contribution in [0.15, 0.2) is 176 Å². The lowest BCUT2D eigenvalue weighted by molar-refractivity contribution is -0.143. The van der Waals surface area contributed by atoms with Gasteiger partial charge in [0.15, 0.2) is 5.60 Å². The first kappa shape index (κ1) is 46.1. The molecule has 0 fully saturated rings. The minimum atomic E-state index is -4.66. The van der Waals surface area contributed by atoms with Gasteiger partial charge < -0.3 is 23.8 Å². The van der Waals surface area contributed by atoms with E-state index in [1.807, 2.05) is 158 Å². The highest BCUT2D eigenvalue weighted by atomic mass is 19.4. The lowest BCUT2D eigenvalue weighted by Gasteiger charge is -2.40. The van der Waals surface area contributed by atoms with E-state index in [0.717, 1.165) is 22.6 Å². The molecule has 8 aromatic rings. The van der Waals surface area contributed by atoms with E-state index in [2.05, 4.69) is 4.90 Å². The van der Waals surface area contributed by atoms with Crippen LogP contribution in [0, 0.1) is 0 Å². The zero-order valence-electron chi connectivity index (χ0n) is 38.5. The molecule has 1 aliphatic carbocycles. The number of hydrogen-bond donors (Lipinski definition) is 0. The molecule has 0 bridgehead atoms. The molecular weight excluding hydrogens is 901 g/mol. The Balaban J connectivity index is 1.25. The molecule has 0 saturated heterocycles. The fourth-order valence-electron chi connectivity index (χ4n) is 10.5. The number of methoxy groups -OCH3 is 3. The summed E-state index contributed by atoms with van der Waals surface area (Å²) in [6, 6.07) is 53.5. The molecule has 11 heteroatoms. The van der Waals surface area contributed by atoms with E-state index in [9.17, 15) is 26.3 Å². The topological polar surface area (TPSA) is 40.2 Å². The van der Waals surface area contributed by atoms with Crippen molar-refractivity contribution in [1.29, 1.82) is 0 Å². The van der Waals surface area contributed by atoms with E-state index in [4.69, 9.17) is 18.9 Å². The van der Waals surface area contributed by atoms with Crippen LogP contribution in [-0.2, 0) is 11.0 Å². The number of hydrogen-bond acceptors (Lipinski definition) is 5. The molecule has 8 aromatic carbocycles. The zero-order valence-corrected chi connectivity index (χ0v) is 38.5. The van der Waals surface area contributed by atoms with Crippen LogP contribution in [0.2, 0.25) is 0 Å². The Bertz CT molecular complexity index is 3100. The number of halogens is 6. The minimum absolute atomic E-state index is 0.292. The first-order chi connectivity index (χ1) is 33.8. The fraction of sp³-hybridized carbons (Fsp3) is 0.186. The predicted molar refractivity (Wildman–Crippen MR) is 264 cm³/mol. The Morgan fingerprint density at radius 2 is 1.04 bits per heavy atom. The van der Waals surface area contributed by atoms with E-state index >= 15 is 0 Å². The van der Waals surface area contributed by atoms with Crippen LogP contribution >= 0.6 is 0 Å². The van der Waals surface area contributed by atoms with Crippen molar-refractivity contribution in [3.8, 4) is 45.3 Å². The van der Waals surface area contributed by atoms with Crippen molar-refractivity contribution in [2.45, 2.75) is 49.1 Å². The molecule has 0 radical (unpaired) electrons. The summed E-state index contributed by atoms with van der Waals surface area (Å²) in [5, 5.41) is 1.16. The van der Waals surface area contributed by atoms with Crippen molar-refractivity contribution in [2.75, 3.05) is 26.2 Å². The Kier molecular flexibility index (Phi) is 11.9. The van der Waals surface area contributed by atoms with Crippen molar-refractivity contribution in [3.05, 3.63) is 204 Å². The largest absolute Gasteiger partial charge is 0.497 e. The van der Waals surface area contributed by atoms with E-state index in [1.54, 1.807) is 45.6 Å². The Hall–Kier alpha value is -7.66. The molecular formula is C59H47F6NO4. The molecule has 354 valence electrons. The second-order valence-electron chi connectivity index (χ2n) is 17.6. The number of rotatable bonds is 13. The quantitative estimate of drug-likeness (QED) is 0.108. The molecule has 2 aliphatic rings. The lowest BCUT2D eigenvalue weighted by Crippen LogP contribution is -2.36. The monoisotopic (exact) mass is 947 g/mol. The highest BCUT2D eigenvalue weighted by molar-refractivity contribution is 6.10. The van der Waals surface area contributed by atoms with Crippen LogP contribution in [-0.4, -0.2) is 33.7 Å². The summed E-state index contributed by atoms with van der Waals surface area (Å²) in [5.41, 5.74) is 4.87. The number of anilines is 3. The third-order valence-corrected chi connectivity index (χ3v) is 13.7. The first-order valence-electron chi connectivity index (χ1n) is 22.9. The second kappa shape index (κ2) is 18.0. The SMILES string of the molecule is COc1ccc(C2(c3ccc(OC)cc3)C=Cc3c4c(c5cc(-c6ccc(N(c7ccccc7)c7ccccc7)cc6)c(OC)cc5c3O2)-c2ccccc2C4(CCC(F)(F)F)CCC(F)(F)F)cc1. The van der Waals surface area contributed by atoms with Gasteiger partial charge in [0.2, 0.25) is 0 Å². The highest BCUT2D eigenvalue weighted by Gasteiger charge is 2.51. The van der Waals surface area contributed by atoms with Gasteiger partial charge in [-0.15, -0.1) is 0 Å². The molecule has 1 aliphatic heterocycles. The van der Waals surface area contributed by atoms with Crippen LogP contribution in [0.4, 0.5) is 43.4 Å². The average molecular weight is 948 g/mol. The lowest BCUT2D eigenvalue weighted by atomic mass is 9.68. The standard InChI is InChI=1S/C59H47F6NO4/c1-67-44-26-20-39(21-27-44)57(40-22-28-45(68-2)29-23-40)31-30-47-54-53(46-16-10-11-17-51(46)56(54,32-34-58(60,61)62)33-35-59(63,64)65)49-36-48(52(69-3)37-50(49)55(47)70-57)38-18-24-43(25-19-38)66(41-12-6-4-7-13-41)42-14-8-5-9-15-42/h4-31,36-37H,32-35H2,1-3H3. The summed E-state index contributed by atoms with van der Waals surface area (Å²) in [7, 11) is 4.70. The predicted octanol–water partition coefficient (Wildman–Crippen LogP) is 16.3. The molecule has 1 heterocycles. The number of ether oxygens (including phenoxy) is 4. The molecule has 0 saturated carbocycles. The number of benzene rings is 8. The smallest absolute Gasteiger partial charge is 0.389 e. The Morgan fingerprint density at radius 1 is 0.529 bits per heavy atom. The molecule has 5 nitrogen and oxygen atoms in total. The minimum Gasteiger partial charge on any atom is -0.497 e. The number of fused-ring (bicyclic) bond motifs is 8. The number of para-hydroxylation sites is 2. The van der Waals surface area contributed by atoms with Crippen molar-refractivity contribution in [2.24, 2.45) is 0 Å². The van der Waals surface area contributed by atoms with Crippen LogP contribution < -0.4 is 23.8 Å².